The van der Waals surface area contributed by atoms with Gasteiger partial charge in [-0.2, -0.15) is 10.2 Å². The number of carbonyl (C=O) groups is 1. The molecule has 0 spiro atoms. The quantitative estimate of drug-likeness (QED) is 0.674. The first kappa shape index (κ1) is 13.3. The lowest BCUT2D eigenvalue weighted by atomic mass is 10.1. The van der Waals surface area contributed by atoms with Gasteiger partial charge in [-0.15, -0.1) is 0 Å². The normalized spacial score (nSPS) is 12.5. The number of carbonyl (C=O) groups excluding carboxylic acids is 1. The van der Waals surface area contributed by atoms with Crippen molar-refractivity contribution in [2.45, 2.75) is 26.3 Å². The predicted octanol–water partition coefficient (Wildman–Crippen LogP) is 1.41. The molecule has 0 aliphatic heterocycles. The number of aromatic amines is 2. The van der Waals surface area contributed by atoms with Gasteiger partial charge in [0.1, 0.15) is 5.82 Å². The third-order valence-electron chi connectivity index (χ3n) is 3.26. The van der Waals surface area contributed by atoms with E-state index < -0.39 is 0 Å². The third-order valence-corrected chi connectivity index (χ3v) is 3.26. The molecule has 2 heterocycles. The number of fused-ring (bicyclic) bond motifs is 1. The molecular weight excluding hydrogens is 268 g/mol. The average Bonchev–Trinajstić information content (AvgIpc) is 3.06. The molecule has 3 N–H and O–H groups in total. The van der Waals surface area contributed by atoms with Crippen molar-refractivity contribution in [2.24, 2.45) is 0 Å². The minimum Gasteiger partial charge on any atom is -0.346 e. The summed E-state index contributed by atoms with van der Waals surface area (Å²) < 4.78 is 0. The summed E-state index contributed by atoms with van der Waals surface area (Å²) >= 11 is 0. The van der Waals surface area contributed by atoms with Gasteiger partial charge in [-0.05, 0) is 19.9 Å². The maximum absolute atomic E-state index is 12.1. The molecule has 0 saturated heterocycles. The van der Waals surface area contributed by atoms with Crippen LogP contribution in [0.2, 0.25) is 0 Å². The Bertz CT molecular complexity index is 774. The largest absolute Gasteiger partial charge is 0.346 e. The van der Waals surface area contributed by atoms with Gasteiger partial charge in [0.25, 0.3) is 0 Å². The Morgan fingerprint density at radius 1 is 1.29 bits per heavy atom. The first-order valence-corrected chi connectivity index (χ1v) is 6.73. The van der Waals surface area contributed by atoms with Gasteiger partial charge in [-0.25, -0.2) is 4.98 Å². The van der Waals surface area contributed by atoms with Crippen LogP contribution >= 0.6 is 0 Å². The van der Waals surface area contributed by atoms with Gasteiger partial charge in [0.2, 0.25) is 5.91 Å². The number of nitrogens with zero attached hydrogens (tertiary/aromatic N) is 3. The molecule has 0 aliphatic rings. The summed E-state index contributed by atoms with van der Waals surface area (Å²) in [5.41, 5.74) is 1.67. The molecule has 1 amide bonds. The minimum absolute atomic E-state index is 0.0978. The van der Waals surface area contributed by atoms with Gasteiger partial charge < -0.3 is 5.32 Å². The molecule has 3 aromatic rings. The number of aryl methyl sites for hydroxylation is 1. The van der Waals surface area contributed by atoms with Crippen molar-refractivity contribution in [1.82, 2.24) is 30.7 Å². The maximum Gasteiger partial charge on any atom is 0.226 e. The zero-order chi connectivity index (χ0) is 14.8. The van der Waals surface area contributed by atoms with E-state index in [2.05, 4.69) is 30.7 Å². The first-order valence-electron chi connectivity index (χ1n) is 6.73. The number of hydrogen-bond acceptors (Lipinski definition) is 4. The molecule has 0 aliphatic carbocycles. The standard InChI is InChI=1S/C14H16N6O/c1-8(14-16-9(2)17-20-14)15-13(21)7-12-10-5-3-4-6-11(10)18-19-12/h3-6,8H,7H2,1-2H3,(H,15,21)(H,18,19)(H,16,17,20)/t8-/m0/s1. The van der Waals surface area contributed by atoms with E-state index in [1.54, 1.807) is 0 Å². The zero-order valence-electron chi connectivity index (χ0n) is 11.8. The summed E-state index contributed by atoms with van der Waals surface area (Å²) in [6.07, 6.45) is 0.244. The van der Waals surface area contributed by atoms with Crippen LogP contribution in [0.15, 0.2) is 24.3 Å². The molecule has 7 heteroatoms. The zero-order valence-corrected chi connectivity index (χ0v) is 11.8. The van der Waals surface area contributed by atoms with Crippen LogP contribution in [0.5, 0.6) is 0 Å². The van der Waals surface area contributed by atoms with Crippen molar-refractivity contribution in [2.75, 3.05) is 0 Å². The first-order chi connectivity index (χ1) is 10.1. The molecule has 7 nitrogen and oxygen atoms in total. The number of H-pyrrole nitrogens is 2. The van der Waals surface area contributed by atoms with Gasteiger partial charge in [-0.3, -0.25) is 15.0 Å². The summed E-state index contributed by atoms with van der Waals surface area (Å²) in [6.45, 7) is 3.67. The predicted molar refractivity (Wildman–Crippen MR) is 77.5 cm³/mol. The lowest BCUT2D eigenvalue weighted by Crippen LogP contribution is -2.29. The summed E-state index contributed by atoms with van der Waals surface area (Å²) in [5.74, 6) is 1.21. The average molecular weight is 284 g/mol. The van der Waals surface area contributed by atoms with E-state index in [0.717, 1.165) is 22.4 Å². The molecule has 108 valence electrons. The molecular formula is C14H16N6O. The van der Waals surface area contributed by atoms with Gasteiger partial charge in [-0.1, -0.05) is 18.2 Å². The van der Waals surface area contributed by atoms with Crippen molar-refractivity contribution in [3.05, 3.63) is 41.6 Å². The highest BCUT2D eigenvalue weighted by Crippen LogP contribution is 2.16. The van der Waals surface area contributed by atoms with Gasteiger partial charge >= 0.3 is 0 Å². The summed E-state index contributed by atoms with van der Waals surface area (Å²) in [5, 5.41) is 17.7. The van der Waals surface area contributed by atoms with Gasteiger partial charge in [0.05, 0.1) is 23.7 Å². The van der Waals surface area contributed by atoms with Crippen molar-refractivity contribution >= 4 is 16.8 Å². The second-order valence-electron chi connectivity index (χ2n) is 4.96. The fourth-order valence-corrected chi connectivity index (χ4v) is 2.22. The molecule has 0 saturated carbocycles. The SMILES string of the molecule is Cc1nc([C@H](C)NC(=O)Cc2[nH]nc3ccccc23)n[nH]1. The van der Waals surface area contributed by atoms with Crippen molar-refractivity contribution in [1.29, 1.82) is 0 Å². The Morgan fingerprint density at radius 2 is 2.10 bits per heavy atom. The Kier molecular flexibility index (Phi) is 3.39. The summed E-state index contributed by atoms with van der Waals surface area (Å²) in [4.78, 5) is 16.3. The molecule has 0 bridgehead atoms. The van der Waals surface area contributed by atoms with Crippen molar-refractivity contribution in [3.8, 4) is 0 Å². The van der Waals surface area contributed by atoms with Gasteiger partial charge in [0.15, 0.2) is 5.82 Å². The monoisotopic (exact) mass is 284 g/mol. The number of rotatable bonds is 4. The number of amides is 1. The Hall–Kier alpha value is -2.70. The van der Waals surface area contributed by atoms with Crippen LogP contribution in [-0.2, 0) is 11.2 Å². The molecule has 1 atom stereocenters. The Labute approximate surface area is 121 Å². The van der Waals surface area contributed by atoms with E-state index in [-0.39, 0.29) is 18.4 Å². The van der Waals surface area contributed by atoms with E-state index in [9.17, 15) is 4.79 Å². The number of para-hydroxylation sites is 1. The number of nitrogens with one attached hydrogen (secondary N) is 3. The smallest absolute Gasteiger partial charge is 0.226 e. The fourth-order valence-electron chi connectivity index (χ4n) is 2.22. The van der Waals surface area contributed by atoms with Crippen LogP contribution in [0.3, 0.4) is 0 Å². The van der Waals surface area contributed by atoms with Crippen LogP contribution in [0.4, 0.5) is 0 Å². The summed E-state index contributed by atoms with van der Waals surface area (Å²) in [7, 11) is 0. The van der Waals surface area contributed by atoms with E-state index in [0.29, 0.717) is 5.82 Å². The fraction of sp³-hybridized carbons (Fsp3) is 0.286. The van der Waals surface area contributed by atoms with Crippen molar-refractivity contribution < 1.29 is 4.79 Å². The lowest BCUT2D eigenvalue weighted by Gasteiger charge is -2.09. The molecule has 0 unspecified atom stereocenters. The number of aromatic nitrogens is 5. The second-order valence-corrected chi connectivity index (χ2v) is 4.96. The molecule has 1 aromatic carbocycles. The molecule has 3 rings (SSSR count). The van der Waals surface area contributed by atoms with Crippen LogP contribution < -0.4 is 5.32 Å². The highest BCUT2D eigenvalue weighted by molar-refractivity contribution is 5.87. The highest BCUT2D eigenvalue weighted by atomic mass is 16.1. The lowest BCUT2D eigenvalue weighted by molar-refractivity contribution is -0.121. The minimum atomic E-state index is -0.239. The van der Waals surface area contributed by atoms with E-state index >= 15 is 0 Å². The van der Waals surface area contributed by atoms with Crippen LogP contribution in [0.25, 0.3) is 10.9 Å². The summed E-state index contributed by atoms with van der Waals surface area (Å²) in [6, 6.07) is 7.46. The van der Waals surface area contributed by atoms with Crippen LogP contribution in [-0.4, -0.2) is 31.3 Å². The molecule has 2 aromatic heterocycles. The van der Waals surface area contributed by atoms with Crippen LogP contribution in [0.1, 0.15) is 30.3 Å². The van der Waals surface area contributed by atoms with E-state index in [1.165, 1.54) is 0 Å². The Morgan fingerprint density at radius 3 is 2.86 bits per heavy atom. The Balaban J connectivity index is 1.69. The van der Waals surface area contributed by atoms with Gasteiger partial charge in [0, 0.05) is 5.39 Å². The van der Waals surface area contributed by atoms with E-state index in [1.807, 2.05) is 38.1 Å². The topological polar surface area (TPSA) is 99.3 Å². The molecule has 21 heavy (non-hydrogen) atoms. The maximum atomic E-state index is 12.1. The number of hydrogen-bond donors (Lipinski definition) is 3. The van der Waals surface area contributed by atoms with Crippen molar-refractivity contribution in [3.63, 3.8) is 0 Å². The highest BCUT2D eigenvalue weighted by Gasteiger charge is 2.15. The van der Waals surface area contributed by atoms with E-state index in [4.69, 9.17) is 0 Å². The molecule has 0 radical (unpaired) electrons. The third kappa shape index (κ3) is 2.76. The number of benzene rings is 1. The second kappa shape index (κ2) is 5.35. The molecule has 0 fully saturated rings. The van der Waals surface area contributed by atoms with Crippen LogP contribution in [0, 0.1) is 6.92 Å².